The predicted molar refractivity (Wildman–Crippen MR) is 120 cm³/mol. The van der Waals surface area contributed by atoms with Crippen LogP contribution in [0.3, 0.4) is 0 Å². The van der Waals surface area contributed by atoms with Crippen LogP contribution in [0.15, 0.2) is 91.0 Å². The van der Waals surface area contributed by atoms with E-state index >= 15 is 0 Å². The normalized spacial score (nSPS) is 12.3. The molecule has 0 atom stereocenters. The predicted octanol–water partition coefficient (Wildman–Crippen LogP) is 4.23. The zero-order valence-corrected chi connectivity index (χ0v) is 21.9. The van der Waals surface area contributed by atoms with E-state index in [1.54, 1.807) is 0 Å². The molecule has 3 rings (SSSR count). The van der Waals surface area contributed by atoms with Crippen LogP contribution in [0.1, 0.15) is 0 Å². The zero-order valence-electron chi connectivity index (χ0n) is 17.1. The van der Waals surface area contributed by atoms with Crippen molar-refractivity contribution in [2.24, 2.45) is 0 Å². The van der Waals surface area contributed by atoms with Gasteiger partial charge in [-0.25, -0.2) is 16.8 Å². The average molecular weight is 740 g/mol. The maximum atomic E-state index is 11.4. The molecule has 5 nitrogen and oxygen atoms in total. The standard InChI is InChI=1S/C18H15P.C2F6NO4S2.Au/c1-4-10-16(11-5-1)19(17-12-6-2-7-13-17)18-14-8-3-9-15-18;3-1(4,5)14(10,11)9-15(12,13)2(6,7)8;/h1-15H;;/q;-1;/p+1. The van der Waals surface area contributed by atoms with Crippen LogP contribution in [0.2, 0.25) is 0 Å². The minimum Gasteiger partial charge on any atom is -0.421 e. The molecule has 0 aromatic heterocycles. The Bertz CT molecular complexity index is 1140. The third-order valence-corrected chi connectivity index (χ3v) is 9.44. The molecule has 0 spiro atoms. The molecule has 3 aromatic carbocycles. The molecule has 1 radical (unpaired) electrons. The Labute approximate surface area is 214 Å². The Morgan fingerprint density at radius 1 is 0.514 bits per heavy atom. The van der Waals surface area contributed by atoms with E-state index in [0.717, 1.165) is 4.13 Å². The molecular formula is C20H16AuF6NO4PS2. The minimum absolute atomic E-state index is 0. The molecule has 0 N–H and O–H groups in total. The summed E-state index contributed by atoms with van der Waals surface area (Å²) in [6.45, 7) is 0. The van der Waals surface area contributed by atoms with Gasteiger partial charge in [-0.05, 0) is 36.4 Å². The smallest absolute Gasteiger partial charge is 0.421 e. The van der Waals surface area contributed by atoms with E-state index < -0.39 is 39.0 Å². The Hall–Kier alpha value is -1.73. The van der Waals surface area contributed by atoms with Crippen molar-refractivity contribution in [1.29, 1.82) is 0 Å². The zero-order chi connectivity index (χ0) is 25.6. The Morgan fingerprint density at radius 2 is 0.743 bits per heavy atom. The molecule has 0 aliphatic heterocycles. The fourth-order valence-corrected chi connectivity index (χ4v) is 6.82. The van der Waals surface area contributed by atoms with Crippen molar-refractivity contribution < 1.29 is 65.6 Å². The van der Waals surface area contributed by atoms with E-state index in [1.807, 2.05) is 0 Å². The van der Waals surface area contributed by atoms with Gasteiger partial charge in [0, 0.05) is 22.4 Å². The molecule has 0 bridgehead atoms. The summed E-state index contributed by atoms with van der Waals surface area (Å²) in [6.07, 6.45) is 0. The van der Waals surface area contributed by atoms with Crippen LogP contribution in [0.4, 0.5) is 26.3 Å². The third kappa shape index (κ3) is 8.71. The Balaban J connectivity index is 0.000000352. The second-order valence-electron chi connectivity index (χ2n) is 6.39. The molecule has 35 heavy (non-hydrogen) atoms. The Morgan fingerprint density at radius 3 is 0.943 bits per heavy atom. The van der Waals surface area contributed by atoms with E-state index in [2.05, 4.69) is 91.0 Å². The molecule has 0 saturated heterocycles. The molecule has 0 heterocycles. The van der Waals surface area contributed by atoms with Gasteiger partial charge in [-0.3, -0.25) is 0 Å². The van der Waals surface area contributed by atoms with Gasteiger partial charge in [-0.15, -0.1) is 0 Å². The molecule has 0 aliphatic carbocycles. The molecule has 195 valence electrons. The largest absolute Gasteiger partial charge is 0.480 e. The minimum atomic E-state index is -6.72. The van der Waals surface area contributed by atoms with Gasteiger partial charge in [0.2, 0.25) is 0 Å². The summed E-state index contributed by atoms with van der Waals surface area (Å²) in [5.41, 5.74) is -12.4. The van der Waals surface area contributed by atoms with E-state index in [9.17, 15) is 43.2 Å². The second kappa shape index (κ2) is 12.5. The van der Waals surface area contributed by atoms with Crippen LogP contribution >= 0.6 is 7.92 Å². The first-order chi connectivity index (χ1) is 15.7. The van der Waals surface area contributed by atoms with Gasteiger partial charge in [-0.1, -0.05) is 54.6 Å². The fraction of sp³-hybridized carbons (Fsp3) is 0.100. The van der Waals surface area contributed by atoms with Crippen molar-refractivity contribution in [2.45, 2.75) is 11.0 Å². The fourth-order valence-electron chi connectivity index (χ4n) is 2.53. The first-order valence-corrected chi connectivity index (χ1v) is 13.4. The van der Waals surface area contributed by atoms with Crippen molar-refractivity contribution in [1.82, 2.24) is 0 Å². The van der Waals surface area contributed by atoms with Gasteiger partial charge in [0.1, 0.15) is 15.9 Å². The van der Waals surface area contributed by atoms with Crippen molar-refractivity contribution in [3.05, 3.63) is 95.1 Å². The summed E-state index contributed by atoms with van der Waals surface area (Å²) in [7, 11) is -14.3. The number of alkyl halides is 6. The first kappa shape index (κ1) is 31.3. The molecule has 15 heteroatoms. The quantitative estimate of drug-likeness (QED) is 0.223. The molecule has 0 saturated carbocycles. The molecule has 3 aromatic rings. The van der Waals surface area contributed by atoms with Gasteiger partial charge >= 0.3 is 11.0 Å². The van der Waals surface area contributed by atoms with Crippen LogP contribution in [0, 0.1) is 0 Å². The number of rotatable bonds is 5. The van der Waals surface area contributed by atoms with E-state index in [-0.39, 0.29) is 22.4 Å². The molecule has 0 fully saturated rings. The molecular weight excluding hydrogens is 724 g/mol. The van der Waals surface area contributed by atoms with Crippen LogP contribution < -0.4 is 15.9 Å². The van der Waals surface area contributed by atoms with Gasteiger partial charge in [0.15, 0.2) is 20.0 Å². The maximum Gasteiger partial charge on any atom is 0.480 e. The van der Waals surface area contributed by atoms with Crippen molar-refractivity contribution in [2.75, 3.05) is 0 Å². The topological polar surface area (TPSA) is 82.4 Å². The van der Waals surface area contributed by atoms with Crippen LogP contribution in [0.5, 0.6) is 0 Å². The van der Waals surface area contributed by atoms with Gasteiger partial charge < -0.3 is 4.13 Å². The van der Waals surface area contributed by atoms with Gasteiger partial charge in [0.25, 0.3) is 0 Å². The van der Waals surface area contributed by atoms with Gasteiger partial charge in [-0.2, -0.15) is 26.3 Å². The Kier molecular flexibility index (Phi) is 11.2. The number of benzene rings is 3. The summed E-state index contributed by atoms with van der Waals surface area (Å²) in [5, 5.41) is 4.31. The van der Waals surface area contributed by atoms with Crippen LogP contribution in [-0.4, -0.2) is 27.9 Å². The third-order valence-electron chi connectivity index (χ3n) is 3.97. The SMILES string of the molecule is O=S(=O)([N-]S(=O)(=O)C(F)(F)F)C(F)(F)F.[Au].c1ccc([PH+](c2ccccc2)c2ccccc2)cc1. The van der Waals surface area contributed by atoms with E-state index in [0.29, 0.717) is 0 Å². The number of halogens is 6. The summed E-state index contributed by atoms with van der Waals surface area (Å²) in [6, 6.07) is 32.5. The number of hydrogen-bond acceptors (Lipinski definition) is 4. The summed E-state index contributed by atoms with van der Waals surface area (Å²) < 4.78 is 109. The summed E-state index contributed by atoms with van der Waals surface area (Å²) in [5.74, 6) is 0. The van der Waals surface area contributed by atoms with Crippen LogP contribution in [0.25, 0.3) is 4.13 Å². The maximum absolute atomic E-state index is 11.4. The van der Waals surface area contributed by atoms with Crippen molar-refractivity contribution in [3.63, 3.8) is 0 Å². The average Bonchev–Trinajstić information content (AvgIpc) is 2.74. The monoisotopic (exact) mass is 740 g/mol. The number of nitrogens with zero attached hydrogens (tertiary/aromatic N) is 1. The first-order valence-electron chi connectivity index (χ1n) is 9.06. The molecule has 0 unspecified atom stereocenters. The van der Waals surface area contributed by atoms with Crippen LogP contribution in [-0.2, 0) is 42.4 Å². The second-order valence-corrected chi connectivity index (χ2v) is 12.3. The molecule has 0 amide bonds. The van der Waals surface area contributed by atoms with Crippen molar-refractivity contribution >= 4 is 43.9 Å². The van der Waals surface area contributed by atoms with Gasteiger partial charge in [0.05, 0.1) is 7.92 Å². The summed E-state index contributed by atoms with van der Waals surface area (Å²) in [4.78, 5) is 0. The number of hydrogen-bond donors (Lipinski definition) is 0. The van der Waals surface area contributed by atoms with E-state index in [4.69, 9.17) is 0 Å². The van der Waals surface area contributed by atoms with Crippen molar-refractivity contribution in [3.8, 4) is 0 Å². The summed E-state index contributed by atoms with van der Waals surface area (Å²) >= 11 is 0. The number of sulfonamides is 2. The van der Waals surface area contributed by atoms with E-state index in [1.165, 1.54) is 15.9 Å². The molecule has 0 aliphatic rings.